The van der Waals surface area contributed by atoms with Crippen LogP contribution in [0.15, 0.2) is 52.0 Å². The van der Waals surface area contributed by atoms with Crippen LogP contribution in [0.1, 0.15) is 12.7 Å². The normalized spacial score (nSPS) is 11.2. The van der Waals surface area contributed by atoms with Gasteiger partial charge in [-0.25, -0.2) is 13.8 Å². The number of para-hydroxylation sites is 1. The Kier molecular flexibility index (Phi) is 6.83. The maximum absolute atomic E-state index is 13.3. The van der Waals surface area contributed by atoms with E-state index in [-0.39, 0.29) is 17.3 Å². The van der Waals surface area contributed by atoms with E-state index in [1.807, 2.05) is 35.8 Å². The predicted molar refractivity (Wildman–Crippen MR) is 121 cm³/mol. The molecule has 160 valence electrons. The smallest absolute Gasteiger partial charge is 0.234 e. The number of thioether (sulfide) groups is 2. The summed E-state index contributed by atoms with van der Waals surface area (Å²) >= 11 is 4.45. The van der Waals surface area contributed by atoms with Gasteiger partial charge in [0.2, 0.25) is 5.91 Å². The van der Waals surface area contributed by atoms with Gasteiger partial charge in [-0.05, 0) is 31.2 Å². The quantitative estimate of drug-likeness (QED) is 0.351. The minimum atomic E-state index is -0.746. The molecule has 31 heavy (non-hydrogen) atoms. The number of halogens is 2. The monoisotopic (exact) mass is 477 g/mol. The van der Waals surface area contributed by atoms with Gasteiger partial charge in [0.15, 0.2) is 9.50 Å². The van der Waals surface area contributed by atoms with E-state index >= 15 is 0 Å². The molecule has 0 radical (unpaired) electrons. The lowest BCUT2D eigenvalue weighted by molar-refractivity contribution is -0.113. The van der Waals surface area contributed by atoms with Crippen molar-refractivity contribution >= 4 is 56.7 Å². The number of anilines is 1. The molecule has 0 saturated heterocycles. The van der Waals surface area contributed by atoms with Gasteiger partial charge in [0, 0.05) is 18.3 Å². The molecular formula is C20H17F2N5OS3. The van der Waals surface area contributed by atoms with Gasteiger partial charge < -0.3 is 9.88 Å². The largest absolute Gasteiger partial charge is 0.325 e. The maximum Gasteiger partial charge on any atom is 0.234 e. The van der Waals surface area contributed by atoms with Gasteiger partial charge in [-0.15, -0.1) is 21.5 Å². The zero-order valence-corrected chi connectivity index (χ0v) is 18.8. The van der Waals surface area contributed by atoms with E-state index in [4.69, 9.17) is 0 Å². The number of hydrogen-bond donors (Lipinski definition) is 1. The Morgan fingerprint density at radius 2 is 1.90 bits per heavy atom. The first kappa shape index (κ1) is 21.7. The van der Waals surface area contributed by atoms with Crippen LogP contribution in [-0.2, 0) is 17.1 Å². The van der Waals surface area contributed by atoms with Crippen LogP contribution in [0.3, 0.4) is 0 Å². The molecule has 2 heterocycles. The van der Waals surface area contributed by atoms with E-state index in [0.717, 1.165) is 38.6 Å². The van der Waals surface area contributed by atoms with E-state index in [0.29, 0.717) is 17.5 Å². The Morgan fingerprint density at radius 1 is 1.13 bits per heavy atom. The van der Waals surface area contributed by atoms with Gasteiger partial charge in [0.05, 0.1) is 21.7 Å². The first-order valence-corrected chi connectivity index (χ1v) is 12.1. The third kappa shape index (κ3) is 5.41. The Morgan fingerprint density at radius 3 is 2.65 bits per heavy atom. The van der Waals surface area contributed by atoms with Gasteiger partial charge in [0.25, 0.3) is 0 Å². The summed E-state index contributed by atoms with van der Waals surface area (Å²) < 4.78 is 30.6. The summed E-state index contributed by atoms with van der Waals surface area (Å²) in [4.78, 5) is 16.8. The zero-order chi connectivity index (χ0) is 21.8. The van der Waals surface area contributed by atoms with Crippen LogP contribution in [-0.4, -0.2) is 31.4 Å². The number of benzene rings is 2. The number of nitrogens with zero attached hydrogens (tertiary/aromatic N) is 4. The van der Waals surface area contributed by atoms with Crippen molar-refractivity contribution in [3.8, 4) is 0 Å². The summed E-state index contributed by atoms with van der Waals surface area (Å²) in [5.41, 5.74) is 1.06. The van der Waals surface area contributed by atoms with Crippen LogP contribution in [0.2, 0.25) is 0 Å². The second-order valence-electron chi connectivity index (χ2n) is 6.37. The second kappa shape index (κ2) is 9.75. The van der Waals surface area contributed by atoms with E-state index in [9.17, 15) is 13.6 Å². The molecule has 0 spiro atoms. The standard InChI is InChI=1S/C20H17F2N5OS3/c1-2-27-17(10-30-20-24-15-5-3-4-6-16(15)31-20)25-26-19(27)29-11-18(28)23-14-8-12(21)7-13(22)9-14/h3-9H,2,10-11H2,1H3,(H,23,28). The van der Waals surface area contributed by atoms with Crippen molar-refractivity contribution in [2.24, 2.45) is 0 Å². The number of aromatic nitrogens is 4. The first-order chi connectivity index (χ1) is 15.0. The van der Waals surface area contributed by atoms with Gasteiger partial charge >= 0.3 is 0 Å². The molecule has 1 N–H and O–H groups in total. The van der Waals surface area contributed by atoms with Crippen molar-refractivity contribution in [2.45, 2.75) is 28.7 Å². The fourth-order valence-corrected chi connectivity index (χ4v) is 5.67. The maximum atomic E-state index is 13.3. The van der Waals surface area contributed by atoms with Gasteiger partial charge in [-0.3, -0.25) is 4.79 Å². The number of amides is 1. The van der Waals surface area contributed by atoms with E-state index in [1.165, 1.54) is 11.8 Å². The molecular weight excluding hydrogens is 460 g/mol. The van der Waals surface area contributed by atoms with E-state index < -0.39 is 11.6 Å². The summed E-state index contributed by atoms with van der Waals surface area (Å²) in [6.45, 7) is 2.64. The van der Waals surface area contributed by atoms with Crippen molar-refractivity contribution < 1.29 is 13.6 Å². The lowest BCUT2D eigenvalue weighted by atomic mass is 10.3. The molecule has 11 heteroatoms. The lowest BCUT2D eigenvalue weighted by Gasteiger charge is -2.07. The van der Waals surface area contributed by atoms with Crippen molar-refractivity contribution in [1.29, 1.82) is 0 Å². The molecule has 0 saturated carbocycles. The van der Waals surface area contributed by atoms with Gasteiger partial charge in [-0.1, -0.05) is 35.7 Å². The molecule has 0 atom stereocenters. The number of fused-ring (bicyclic) bond motifs is 1. The molecule has 1 amide bonds. The van der Waals surface area contributed by atoms with Crippen molar-refractivity contribution in [1.82, 2.24) is 19.7 Å². The molecule has 4 aromatic rings. The van der Waals surface area contributed by atoms with Crippen LogP contribution in [0.25, 0.3) is 10.2 Å². The fraction of sp³-hybridized carbons (Fsp3) is 0.200. The summed E-state index contributed by atoms with van der Waals surface area (Å²) in [5.74, 6) is -0.433. The first-order valence-electron chi connectivity index (χ1n) is 9.31. The highest BCUT2D eigenvalue weighted by atomic mass is 32.2. The Labute approximate surface area is 189 Å². The van der Waals surface area contributed by atoms with Crippen LogP contribution in [0, 0.1) is 11.6 Å². The number of carbonyl (C=O) groups excluding carboxylic acids is 1. The predicted octanol–water partition coefficient (Wildman–Crippen LogP) is 5.21. The number of carbonyl (C=O) groups is 1. The highest BCUT2D eigenvalue weighted by Crippen LogP contribution is 2.31. The molecule has 0 unspecified atom stereocenters. The second-order valence-corrected chi connectivity index (χ2v) is 9.57. The molecule has 2 aromatic heterocycles. The van der Waals surface area contributed by atoms with Crippen LogP contribution in [0.5, 0.6) is 0 Å². The van der Waals surface area contributed by atoms with Crippen molar-refractivity contribution in [3.63, 3.8) is 0 Å². The number of rotatable bonds is 8. The van der Waals surface area contributed by atoms with Crippen LogP contribution in [0.4, 0.5) is 14.5 Å². The topological polar surface area (TPSA) is 72.7 Å². The van der Waals surface area contributed by atoms with Crippen molar-refractivity contribution in [2.75, 3.05) is 11.1 Å². The van der Waals surface area contributed by atoms with E-state index in [1.54, 1.807) is 23.1 Å². The van der Waals surface area contributed by atoms with Gasteiger partial charge in [0.1, 0.15) is 17.5 Å². The Balaban J connectivity index is 1.36. The highest BCUT2D eigenvalue weighted by Gasteiger charge is 2.15. The summed E-state index contributed by atoms with van der Waals surface area (Å²) in [5, 5.41) is 11.6. The van der Waals surface area contributed by atoms with Gasteiger partial charge in [-0.2, -0.15) is 0 Å². The average molecular weight is 478 g/mol. The molecule has 2 aromatic carbocycles. The minimum Gasteiger partial charge on any atom is -0.325 e. The zero-order valence-electron chi connectivity index (χ0n) is 16.3. The third-order valence-corrected chi connectivity index (χ3v) is 7.33. The van der Waals surface area contributed by atoms with Crippen LogP contribution >= 0.6 is 34.9 Å². The molecule has 0 bridgehead atoms. The molecule has 4 rings (SSSR count). The average Bonchev–Trinajstić information content (AvgIpc) is 3.32. The third-order valence-electron chi connectivity index (χ3n) is 4.19. The lowest BCUT2D eigenvalue weighted by Crippen LogP contribution is -2.15. The summed E-state index contributed by atoms with van der Waals surface area (Å²) in [6.07, 6.45) is 0. The summed E-state index contributed by atoms with van der Waals surface area (Å²) in [7, 11) is 0. The molecule has 0 aliphatic carbocycles. The summed E-state index contributed by atoms with van der Waals surface area (Å²) in [6, 6.07) is 10.9. The molecule has 6 nitrogen and oxygen atoms in total. The number of thiazole rings is 1. The Hall–Kier alpha value is -2.50. The molecule has 0 aliphatic rings. The number of hydrogen-bond acceptors (Lipinski definition) is 7. The number of nitrogens with one attached hydrogen (secondary N) is 1. The highest BCUT2D eigenvalue weighted by molar-refractivity contribution is 8.00. The van der Waals surface area contributed by atoms with Crippen molar-refractivity contribution in [3.05, 3.63) is 59.9 Å². The van der Waals surface area contributed by atoms with E-state index in [2.05, 4.69) is 20.5 Å². The molecule has 0 fully saturated rings. The minimum absolute atomic E-state index is 0.0429. The molecule has 0 aliphatic heterocycles. The Bertz CT molecular complexity index is 1170. The SMILES string of the molecule is CCn1c(CSc2nc3ccccc3s2)nnc1SCC(=O)Nc1cc(F)cc(F)c1. The fourth-order valence-electron chi connectivity index (χ4n) is 2.84. The van der Waals surface area contributed by atoms with Crippen LogP contribution < -0.4 is 5.32 Å².